The zero-order chi connectivity index (χ0) is 18.8. The summed E-state index contributed by atoms with van der Waals surface area (Å²) in [6, 6.07) is 11.9. The summed E-state index contributed by atoms with van der Waals surface area (Å²) in [6.07, 6.45) is 3.47. The lowest BCUT2D eigenvalue weighted by atomic mass is 10.2. The maximum absolute atomic E-state index is 12.3. The molecule has 0 spiro atoms. The first-order chi connectivity index (χ1) is 13.1. The van der Waals surface area contributed by atoms with E-state index >= 15 is 0 Å². The van der Waals surface area contributed by atoms with Gasteiger partial charge in [-0.3, -0.25) is 10.1 Å². The largest absolute Gasteiger partial charge is 0.335 e. The van der Waals surface area contributed by atoms with Gasteiger partial charge in [0.05, 0.1) is 5.25 Å². The number of hydrogen-bond acceptors (Lipinski definition) is 6. The second-order valence-corrected chi connectivity index (χ2v) is 8.73. The number of urea groups is 1. The van der Waals surface area contributed by atoms with E-state index in [1.807, 2.05) is 18.2 Å². The monoisotopic (exact) mass is 398 g/mol. The van der Waals surface area contributed by atoms with Crippen LogP contribution in [0.25, 0.3) is 20.7 Å². The smallest absolute Gasteiger partial charge is 0.321 e. The standard InChI is InChI=1S/C19H18N4O2S2/c1-11(16(24)23-19(25)22-13-7-8-13)26-17-14-9-15(12-5-3-2-4-6-12)27-18(14)21-10-20-17/h2-6,9-11,13H,7-8H2,1H3,(H2,22,23,24,25). The number of carbonyl (C=O) groups is 2. The molecular formula is C19H18N4O2S2. The zero-order valence-electron chi connectivity index (χ0n) is 14.6. The number of imide groups is 1. The summed E-state index contributed by atoms with van der Waals surface area (Å²) in [7, 11) is 0. The predicted molar refractivity (Wildman–Crippen MR) is 108 cm³/mol. The van der Waals surface area contributed by atoms with Gasteiger partial charge in [0.25, 0.3) is 0 Å². The van der Waals surface area contributed by atoms with Gasteiger partial charge in [-0.1, -0.05) is 42.1 Å². The SMILES string of the molecule is CC(Sc1ncnc2sc(-c3ccccc3)cc12)C(=O)NC(=O)NC1CC1. The molecule has 1 saturated carbocycles. The third kappa shape index (κ3) is 4.28. The Labute approximate surface area is 164 Å². The average Bonchev–Trinajstić information content (AvgIpc) is 3.36. The lowest BCUT2D eigenvalue weighted by Crippen LogP contribution is -2.43. The third-order valence-corrected chi connectivity index (χ3v) is 6.37. The van der Waals surface area contributed by atoms with Crippen molar-refractivity contribution in [3.05, 3.63) is 42.7 Å². The van der Waals surface area contributed by atoms with Crippen molar-refractivity contribution in [3.8, 4) is 10.4 Å². The predicted octanol–water partition coefficient (Wildman–Crippen LogP) is 3.83. The number of thioether (sulfide) groups is 1. The van der Waals surface area contributed by atoms with Crippen LogP contribution in [0.15, 0.2) is 47.8 Å². The Morgan fingerprint density at radius 1 is 1.22 bits per heavy atom. The number of carbonyl (C=O) groups excluding carboxylic acids is 2. The summed E-state index contributed by atoms with van der Waals surface area (Å²) in [5, 5.41) is 6.36. The van der Waals surface area contributed by atoms with Gasteiger partial charge in [-0.05, 0) is 31.4 Å². The number of thiophene rings is 1. The molecule has 1 aromatic carbocycles. The molecule has 3 amide bonds. The molecule has 2 N–H and O–H groups in total. The normalized spacial score (nSPS) is 14.7. The van der Waals surface area contributed by atoms with Crippen LogP contribution < -0.4 is 10.6 Å². The highest BCUT2D eigenvalue weighted by Crippen LogP contribution is 2.37. The van der Waals surface area contributed by atoms with E-state index in [-0.39, 0.29) is 11.9 Å². The highest BCUT2D eigenvalue weighted by Gasteiger charge is 2.25. The molecule has 3 aromatic rings. The van der Waals surface area contributed by atoms with Crippen LogP contribution in [0.5, 0.6) is 0 Å². The highest BCUT2D eigenvalue weighted by molar-refractivity contribution is 8.00. The van der Waals surface area contributed by atoms with Crippen molar-refractivity contribution >= 4 is 45.3 Å². The number of rotatable bonds is 5. The molecule has 138 valence electrons. The van der Waals surface area contributed by atoms with E-state index in [1.165, 1.54) is 18.1 Å². The Morgan fingerprint density at radius 2 is 2.00 bits per heavy atom. The molecule has 1 atom stereocenters. The molecule has 0 radical (unpaired) electrons. The van der Waals surface area contributed by atoms with Crippen LogP contribution in [0, 0.1) is 0 Å². The molecule has 1 fully saturated rings. The molecule has 2 aromatic heterocycles. The molecule has 0 bridgehead atoms. The van der Waals surface area contributed by atoms with E-state index in [2.05, 4.69) is 38.8 Å². The average molecular weight is 399 g/mol. The lowest BCUT2D eigenvalue weighted by Gasteiger charge is -2.11. The number of amides is 3. The van der Waals surface area contributed by atoms with Crippen LogP contribution in [0.1, 0.15) is 19.8 Å². The molecule has 1 unspecified atom stereocenters. The third-order valence-electron chi connectivity index (χ3n) is 4.16. The first-order valence-electron chi connectivity index (χ1n) is 8.68. The summed E-state index contributed by atoms with van der Waals surface area (Å²) >= 11 is 2.93. The van der Waals surface area contributed by atoms with E-state index < -0.39 is 11.3 Å². The van der Waals surface area contributed by atoms with Crippen LogP contribution in [-0.2, 0) is 4.79 Å². The quantitative estimate of drug-likeness (QED) is 0.504. The minimum absolute atomic E-state index is 0.212. The Bertz CT molecular complexity index is 986. The van der Waals surface area contributed by atoms with Gasteiger partial charge >= 0.3 is 6.03 Å². The number of benzene rings is 1. The molecular weight excluding hydrogens is 380 g/mol. The molecule has 4 rings (SSSR count). The second-order valence-electron chi connectivity index (χ2n) is 6.37. The van der Waals surface area contributed by atoms with Crippen molar-refractivity contribution in [2.24, 2.45) is 0 Å². The van der Waals surface area contributed by atoms with Gasteiger partial charge in [0.2, 0.25) is 5.91 Å². The number of hydrogen-bond donors (Lipinski definition) is 2. The molecule has 0 saturated heterocycles. The van der Waals surface area contributed by atoms with Gasteiger partial charge in [0, 0.05) is 16.3 Å². The highest BCUT2D eigenvalue weighted by atomic mass is 32.2. The van der Waals surface area contributed by atoms with Crippen LogP contribution in [0.2, 0.25) is 0 Å². The summed E-state index contributed by atoms with van der Waals surface area (Å²) in [4.78, 5) is 34.7. The van der Waals surface area contributed by atoms with Crippen LogP contribution in [0.3, 0.4) is 0 Å². The van der Waals surface area contributed by atoms with Crippen molar-refractivity contribution < 1.29 is 9.59 Å². The van der Waals surface area contributed by atoms with Gasteiger partial charge in [-0.15, -0.1) is 11.3 Å². The number of fused-ring (bicyclic) bond motifs is 1. The molecule has 6 nitrogen and oxygen atoms in total. The Kier molecular flexibility index (Phi) is 5.09. The second kappa shape index (κ2) is 7.66. The minimum atomic E-state index is -0.451. The van der Waals surface area contributed by atoms with E-state index in [4.69, 9.17) is 0 Å². The first-order valence-corrected chi connectivity index (χ1v) is 10.4. The summed E-state index contributed by atoms with van der Waals surface area (Å²) < 4.78 is 0. The summed E-state index contributed by atoms with van der Waals surface area (Å²) in [5.74, 6) is -0.330. The molecule has 0 aliphatic heterocycles. The van der Waals surface area contributed by atoms with Gasteiger partial charge < -0.3 is 5.32 Å². The fraction of sp³-hybridized carbons (Fsp3) is 0.263. The van der Waals surface area contributed by atoms with Gasteiger partial charge in [0.1, 0.15) is 16.2 Å². The van der Waals surface area contributed by atoms with Crippen molar-refractivity contribution in [2.75, 3.05) is 0 Å². The van der Waals surface area contributed by atoms with Crippen molar-refractivity contribution in [1.29, 1.82) is 0 Å². The number of aromatic nitrogens is 2. The van der Waals surface area contributed by atoms with E-state index in [9.17, 15) is 9.59 Å². The van der Waals surface area contributed by atoms with E-state index in [0.717, 1.165) is 38.5 Å². The lowest BCUT2D eigenvalue weighted by molar-refractivity contribution is -0.119. The zero-order valence-corrected chi connectivity index (χ0v) is 16.3. The molecule has 8 heteroatoms. The first kappa shape index (κ1) is 17.9. The van der Waals surface area contributed by atoms with Crippen LogP contribution >= 0.6 is 23.1 Å². The Hall–Kier alpha value is -2.45. The van der Waals surface area contributed by atoms with Gasteiger partial charge in [-0.25, -0.2) is 14.8 Å². The fourth-order valence-corrected chi connectivity index (χ4v) is 4.52. The minimum Gasteiger partial charge on any atom is -0.335 e. The topological polar surface area (TPSA) is 84.0 Å². The molecule has 1 aliphatic carbocycles. The maximum Gasteiger partial charge on any atom is 0.321 e. The van der Waals surface area contributed by atoms with E-state index in [1.54, 1.807) is 18.3 Å². The maximum atomic E-state index is 12.3. The van der Waals surface area contributed by atoms with Gasteiger partial charge in [-0.2, -0.15) is 0 Å². The molecule has 2 heterocycles. The van der Waals surface area contributed by atoms with E-state index in [0.29, 0.717) is 0 Å². The Balaban J connectivity index is 1.50. The van der Waals surface area contributed by atoms with Crippen molar-refractivity contribution in [3.63, 3.8) is 0 Å². The number of nitrogens with zero attached hydrogens (tertiary/aromatic N) is 2. The van der Waals surface area contributed by atoms with Gasteiger partial charge in [0.15, 0.2) is 0 Å². The van der Waals surface area contributed by atoms with Crippen LogP contribution in [-0.4, -0.2) is 33.2 Å². The fourth-order valence-electron chi connectivity index (χ4n) is 2.56. The summed E-state index contributed by atoms with van der Waals surface area (Å²) in [6.45, 7) is 1.77. The Morgan fingerprint density at radius 3 is 2.74 bits per heavy atom. The van der Waals surface area contributed by atoms with Crippen LogP contribution in [0.4, 0.5) is 4.79 Å². The van der Waals surface area contributed by atoms with Crippen molar-refractivity contribution in [1.82, 2.24) is 20.6 Å². The number of nitrogens with one attached hydrogen (secondary N) is 2. The molecule has 1 aliphatic rings. The molecule has 27 heavy (non-hydrogen) atoms. The summed E-state index contributed by atoms with van der Waals surface area (Å²) in [5.41, 5.74) is 1.12. The van der Waals surface area contributed by atoms with Crippen molar-refractivity contribution in [2.45, 2.75) is 36.1 Å².